The van der Waals surface area contributed by atoms with E-state index in [0.29, 0.717) is 41.4 Å². The molecule has 0 bridgehead atoms. The molecule has 0 saturated heterocycles. The van der Waals surface area contributed by atoms with Crippen LogP contribution in [0.25, 0.3) is 16.9 Å². The van der Waals surface area contributed by atoms with Gasteiger partial charge in [-0.05, 0) is 37.4 Å². The number of amides is 1. The lowest BCUT2D eigenvalue weighted by Gasteiger charge is -2.17. The minimum Gasteiger partial charge on any atom is -0.497 e. The zero-order chi connectivity index (χ0) is 20.8. The first-order valence-corrected chi connectivity index (χ1v) is 9.36. The van der Waals surface area contributed by atoms with Crippen LogP contribution in [0.1, 0.15) is 10.4 Å². The summed E-state index contributed by atoms with van der Waals surface area (Å²) >= 11 is 0. The molecule has 0 saturated carbocycles. The minimum absolute atomic E-state index is 0. The Morgan fingerprint density at radius 3 is 2.50 bits per heavy atom. The summed E-state index contributed by atoms with van der Waals surface area (Å²) < 4.78 is 12.6. The van der Waals surface area contributed by atoms with Gasteiger partial charge in [0.2, 0.25) is 0 Å². The monoisotopic (exact) mass is 430 g/mol. The van der Waals surface area contributed by atoms with Gasteiger partial charge in [-0.15, -0.1) is 12.4 Å². The van der Waals surface area contributed by atoms with Crippen LogP contribution in [0.15, 0.2) is 54.7 Å². The maximum absolute atomic E-state index is 13.2. The molecule has 0 atom stereocenters. The number of likely N-dealkylation sites (N-methyl/N-ethyl adjacent to an activating group) is 2. The van der Waals surface area contributed by atoms with Crippen molar-refractivity contribution < 1.29 is 14.3 Å². The highest BCUT2D eigenvalue weighted by molar-refractivity contribution is 6.00. The molecule has 0 aliphatic rings. The second-order valence-electron chi connectivity index (χ2n) is 6.57. The summed E-state index contributed by atoms with van der Waals surface area (Å²) in [4.78, 5) is 14.9. The number of nitrogens with zero attached hydrogens (tertiary/aromatic N) is 3. The molecule has 1 N–H and O–H groups in total. The van der Waals surface area contributed by atoms with Crippen LogP contribution in [0.3, 0.4) is 0 Å². The van der Waals surface area contributed by atoms with Crippen LogP contribution in [-0.4, -0.2) is 62.0 Å². The van der Waals surface area contributed by atoms with E-state index < -0.39 is 0 Å². The Labute approximate surface area is 183 Å². The second kappa shape index (κ2) is 10.7. The summed E-state index contributed by atoms with van der Waals surface area (Å²) in [5, 5.41) is 7.80. The fourth-order valence-corrected chi connectivity index (χ4v) is 3.03. The molecule has 7 nitrogen and oxygen atoms in total. The molecule has 0 unspecified atom stereocenters. The topological polar surface area (TPSA) is 68.6 Å². The Morgan fingerprint density at radius 2 is 1.87 bits per heavy atom. The van der Waals surface area contributed by atoms with Crippen LogP contribution in [0, 0.1) is 0 Å². The van der Waals surface area contributed by atoms with Gasteiger partial charge in [0, 0.05) is 31.9 Å². The van der Waals surface area contributed by atoms with E-state index in [4.69, 9.17) is 14.6 Å². The predicted octanol–water partition coefficient (Wildman–Crippen LogP) is 3.27. The number of ether oxygens (including phenoxy) is 2. The average molecular weight is 431 g/mol. The highest BCUT2D eigenvalue weighted by Crippen LogP contribution is 2.35. The molecule has 2 aromatic carbocycles. The van der Waals surface area contributed by atoms with Crippen molar-refractivity contribution >= 4 is 18.3 Å². The van der Waals surface area contributed by atoms with Gasteiger partial charge >= 0.3 is 0 Å². The van der Waals surface area contributed by atoms with Crippen LogP contribution in [0.4, 0.5) is 0 Å². The lowest BCUT2D eigenvalue weighted by Crippen LogP contribution is -2.32. The van der Waals surface area contributed by atoms with Gasteiger partial charge in [0.05, 0.1) is 25.5 Å². The summed E-state index contributed by atoms with van der Waals surface area (Å²) in [6.45, 7) is 1.29. The molecule has 0 spiro atoms. The Kier molecular flexibility index (Phi) is 8.26. The minimum atomic E-state index is -0.109. The van der Waals surface area contributed by atoms with Crippen molar-refractivity contribution in [1.82, 2.24) is 20.0 Å². The number of benzene rings is 2. The summed E-state index contributed by atoms with van der Waals surface area (Å²) in [7, 11) is 6.84. The van der Waals surface area contributed by atoms with E-state index in [1.54, 1.807) is 37.0 Å². The smallest absolute Gasteiger partial charge is 0.257 e. The number of carbonyl (C=O) groups is 1. The fourth-order valence-electron chi connectivity index (χ4n) is 3.03. The first-order chi connectivity index (χ1) is 14.1. The zero-order valence-corrected chi connectivity index (χ0v) is 18.4. The van der Waals surface area contributed by atoms with Gasteiger partial charge < -0.3 is 19.7 Å². The van der Waals surface area contributed by atoms with Gasteiger partial charge in [-0.1, -0.05) is 18.2 Å². The van der Waals surface area contributed by atoms with E-state index in [-0.39, 0.29) is 18.3 Å². The largest absolute Gasteiger partial charge is 0.497 e. The number of para-hydroxylation sites is 1. The zero-order valence-electron chi connectivity index (χ0n) is 17.6. The van der Waals surface area contributed by atoms with Crippen LogP contribution >= 0.6 is 12.4 Å². The molecular formula is C22H27ClN4O3. The summed E-state index contributed by atoms with van der Waals surface area (Å²) in [5.41, 5.74) is 2.62. The maximum Gasteiger partial charge on any atom is 0.257 e. The van der Waals surface area contributed by atoms with Crippen LogP contribution in [-0.2, 0) is 0 Å². The Hall–Kier alpha value is -3.03. The quantitative estimate of drug-likeness (QED) is 0.594. The molecule has 160 valence electrons. The third kappa shape index (κ3) is 4.93. The van der Waals surface area contributed by atoms with Crippen molar-refractivity contribution in [2.24, 2.45) is 0 Å². The Bertz CT molecular complexity index is 976. The number of nitrogens with one attached hydrogen (secondary N) is 1. The number of methoxy groups -OCH3 is 2. The van der Waals surface area contributed by atoms with Gasteiger partial charge in [-0.25, -0.2) is 4.68 Å². The molecule has 1 aromatic heterocycles. The van der Waals surface area contributed by atoms with E-state index in [2.05, 4.69) is 5.32 Å². The Balaban J connectivity index is 0.00000320. The number of hydrogen-bond donors (Lipinski definition) is 1. The second-order valence-corrected chi connectivity index (χ2v) is 6.57. The van der Waals surface area contributed by atoms with Crippen LogP contribution < -0.4 is 14.8 Å². The normalized spacial score (nSPS) is 10.3. The molecule has 8 heteroatoms. The van der Waals surface area contributed by atoms with E-state index in [0.717, 1.165) is 5.69 Å². The van der Waals surface area contributed by atoms with Gasteiger partial charge in [-0.2, -0.15) is 5.10 Å². The lowest BCUT2D eigenvalue weighted by atomic mass is 10.1. The van der Waals surface area contributed by atoms with Crippen molar-refractivity contribution in [2.45, 2.75) is 0 Å². The van der Waals surface area contributed by atoms with Crippen molar-refractivity contribution in [1.29, 1.82) is 0 Å². The number of carbonyl (C=O) groups excluding carboxylic acids is 1. The molecule has 0 aliphatic heterocycles. The van der Waals surface area contributed by atoms with Gasteiger partial charge in [0.1, 0.15) is 17.2 Å². The molecule has 3 rings (SSSR count). The SMILES string of the molecule is CNCCN(C)C(=O)c1cn(-c2ccccc2)nc1-c1cc(OC)ccc1OC.Cl. The first-order valence-electron chi connectivity index (χ1n) is 9.36. The molecule has 30 heavy (non-hydrogen) atoms. The number of hydrogen-bond acceptors (Lipinski definition) is 5. The van der Waals surface area contributed by atoms with Crippen molar-refractivity contribution in [3.8, 4) is 28.4 Å². The highest BCUT2D eigenvalue weighted by atomic mass is 35.5. The lowest BCUT2D eigenvalue weighted by molar-refractivity contribution is 0.0797. The van der Waals surface area contributed by atoms with Gasteiger partial charge in [0.25, 0.3) is 5.91 Å². The average Bonchev–Trinajstić information content (AvgIpc) is 3.22. The molecule has 0 fully saturated rings. The van der Waals surface area contributed by atoms with Crippen LogP contribution in [0.2, 0.25) is 0 Å². The first kappa shape index (κ1) is 23.3. The number of rotatable bonds is 8. The van der Waals surface area contributed by atoms with E-state index >= 15 is 0 Å². The molecule has 1 amide bonds. The van der Waals surface area contributed by atoms with E-state index in [1.165, 1.54) is 0 Å². The van der Waals surface area contributed by atoms with Gasteiger partial charge in [-0.3, -0.25) is 4.79 Å². The molecule has 1 heterocycles. The molecule has 0 aliphatic carbocycles. The third-order valence-corrected chi connectivity index (χ3v) is 4.67. The predicted molar refractivity (Wildman–Crippen MR) is 120 cm³/mol. The van der Waals surface area contributed by atoms with E-state index in [1.807, 2.05) is 55.6 Å². The van der Waals surface area contributed by atoms with Crippen molar-refractivity contribution in [3.63, 3.8) is 0 Å². The van der Waals surface area contributed by atoms with Crippen molar-refractivity contribution in [2.75, 3.05) is 41.4 Å². The van der Waals surface area contributed by atoms with E-state index in [9.17, 15) is 4.79 Å². The summed E-state index contributed by atoms with van der Waals surface area (Å²) in [6, 6.07) is 15.2. The molecule has 3 aromatic rings. The summed E-state index contributed by atoms with van der Waals surface area (Å²) in [5.74, 6) is 1.18. The fraction of sp³-hybridized carbons (Fsp3) is 0.273. The van der Waals surface area contributed by atoms with Crippen molar-refractivity contribution in [3.05, 3.63) is 60.3 Å². The highest BCUT2D eigenvalue weighted by Gasteiger charge is 2.24. The van der Waals surface area contributed by atoms with Gasteiger partial charge in [0.15, 0.2) is 0 Å². The number of aromatic nitrogens is 2. The standard InChI is InChI=1S/C22H26N4O3.ClH/c1-23-12-13-25(2)22(27)19-15-26(16-8-6-5-7-9-16)24-21(19)18-14-17(28-3)10-11-20(18)29-4;/h5-11,14-15,23H,12-13H2,1-4H3;1H. The number of halogens is 1. The summed E-state index contributed by atoms with van der Waals surface area (Å²) in [6.07, 6.45) is 1.77. The molecular weight excluding hydrogens is 404 g/mol. The maximum atomic E-state index is 13.2. The third-order valence-electron chi connectivity index (χ3n) is 4.67. The van der Waals surface area contributed by atoms with Crippen LogP contribution in [0.5, 0.6) is 11.5 Å². The Morgan fingerprint density at radius 1 is 1.13 bits per heavy atom. The molecule has 0 radical (unpaired) electrons.